The summed E-state index contributed by atoms with van der Waals surface area (Å²) in [6, 6.07) is 0.842. The molecule has 0 amide bonds. The van der Waals surface area contributed by atoms with Crippen LogP contribution in [0.4, 0.5) is 0 Å². The van der Waals surface area contributed by atoms with Crippen LogP contribution in [0.15, 0.2) is 0 Å². The van der Waals surface area contributed by atoms with Crippen LogP contribution in [0.25, 0.3) is 0 Å². The van der Waals surface area contributed by atoms with Gasteiger partial charge in [-0.3, -0.25) is 0 Å². The number of nitrogens with zero attached hydrogens (tertiary/aromatic N) is 1. The van der Waals surface area contributed by atoms with E-state index in [4.69, 9.17) is 0 Å². The van der Waals surface area contributed by atoms with Crippen LogP contribution in [0.1, 0.15) is 19.8 Å². The van der Waals surface area contributed by atoms with E-state index >= 15 is 0 Å². The van der Waals surface area contributed by atoms with Gasteiger partial charge in [-0.1, -0.05) is 0 Å². The van der Waals surface area contributed by atoms with Crippen molar-refractivity contribution in [3.8, 4) is 0 Å². The standard InChI is InChI=1S/C7H16N.2CH3.In/c1-5-7(6-2)8(3)4;;;/h7H,1,5-6H2,2-4H3;2*1H3;. The van der Waals surface area contributed by atoms with Crippen LogP contribution >= 0.6 is 0 Å². The Kier molecular flexibility index (Phi) is 6.84. The summed E-state index contributed by atoms with van der Waals surface area (Å²) < 4.78 is 6.58. The first-order chi connectivity index (χ1) is 5.07. The summed E-state index contributed by atoms with van der Waals surface area (Å²) in [5.74, 6) is 0. The summed E-state index contributed by atoms with van der Waals surface area (Å²) in [5, 5.41) is 0. The molecule has 2 heteroatoms. The molecule has 0 fully saturated rings. The van der Waals surface area contributed by atoms with E-state index in [0.29, 0.717) is 0 Å². The van der Waals surface area contributed by atoms with E-state index in [2.05, 4.69) is 35.3 Å². The minimum absolute atomic E-state index is 0.842. The third-order valence-electron chi connectivity index (χ3n) is 2.28. The van der Waals surface area contributed by atoms with E-state index in [1.165, 1.54) is 12.8 Å². The molecule has 1 atom stereocenters. The minimum atomic E-state index is -0.902. The van der Waals surface area contributed by atoms with E-state index < -0.39 is 21.4 Å². The average Bonchev–Trinajstić information content (AvgIpc) is 1.87. The summed E-state index contributed by atoms with van der Waals surface area (Å²) in [7, 11) is 4.40. The van der Waals surface area contributed by atoms with Gasteiger partial charge in [0.2, 0.25) is 0 Å². The Hall–Kier alpha value is 0.830. The molecule has 66 valence electrons. The maximum absolute atomic E-state index is 2.50. The monoisotopic (exact) mass is 259 g/mol. The molecule has 0 bridgehead atoms. The van der Waals surface area contributed by atoms with Crippen molar-refractivity contribution in [2.45, 2.75) is 39.3 Å². The molecule has 0 saturated heterocycles. The van der Waals surface area contributed by atoms with E-state index in [9.17, 15) is 0 Å². The fraction of sp³-hybridized carbons (Fsp3) is 1.00. The van der Waals surface area contributed by atoms with Crippen molar-refractivity contribution in [3.05, 3.63) is 0 Å². The first-order valence-electron chi connectivity index (χ1n) is 4.74. The van der Waals surface area contributed by atoms with Crippen molar-refractivity contribution < 1.29 is 0 Å². The fourth-order valence-corrected chi connectivity index (χ4v) is 4.35. The third-order valence-corrected chi connectivity index (χ3v) is 6.53. The first kappa shape index (κ1) is 11.8. The van der Waals surface area contributed by atoms with Crippen molar-refractivity contribution in [1.29, 1.82) is 0 Å². The second-order valence-electron chi connectivity index (χ2n) is 4.00. The molecule has 0 radical (unpaired) electrons. The van der Waals surface area contributed by atoms with Gasteiger partial charge in [-0.05, 0) is 0 Å². The van der Waals surface area contributed by atoms with Crippen molar-refractivity contribution >= 4 is 21.4 Å². The molecule has 0 aromatic rings. The molecular formula is C9H22InN. The van der Waals surface area contributed by atoms with E-state index in [-0.39, 0.29) is 0 Å². The number of hydrogen-bond donors (Lipinski definition) is 0. The molecule has 0 aromatic carbocycles. The Morgan fingerprint density at radius 3 is 2.09 bits per heavy atom. The van der Waals surface area contributed by atoms with Crippen molar-refractivity contribution in [2.24, 2.45) is 0 Å². The van der Waals surface area contributed by atoms with Gasteiger partial charge in [0.05, 0.1) is 0 Å². The van der Waals surface area contributed by atoms with Crippen LogP contribution in [0, 0.1) is 0 Å². The Balaban J connectivity index is 3.52. The van der Waals surface area contributed by atoms with Crippen molar-refractivity contribution in [3.63, 3.8) is 0 Å². The Bertz CT molecular complexity index is 91.6. The summed E-state index contributed by atoms with van der Waals surface area (Å²) in [6.07, 6.45) is 2.75. The number of hydrogen-bond acceptors (Lipinski definition) is 1. The van der Waals surface area contributed by atoms with Crippen LogP contribution in [-0.2, 0) is 0 Å². The zero-order chi connectivity index (χ0) is 8.85. The van der Waals surface area contributed by atoms with Crippen molar-refractivity contribution in [2.75, 3.05) is 14.1 Å². The quantitative estimate of drug-likeness (QED) is 0.733. The molecule has 0 aromatic heterocycles. The van der Waals surface area contributed by atoms with Crippen LogP contribution in [-0.4, -0.2) is 46.5 Å². The third kappa shape index (κ3) is 6.03. The molecule has 0 aliphatic rings. The zero-order valence-electron chi connectivity index (χ0n) is 8.72. The summed E-state index contributed by atoms with van der Waals surface area (Å²) in [4.78, 5) is 2.37. The maximum atomic E-state index is 2.50. The van der Waals surface area contributed by atoms with Crippen LogP contribution in [0.2, 0.25) is 13.5 Å². The van der Waals surface area contributed by atoms with Gasteiger partial charge in [0.25, 0.3) is 0 Å². The second-order valence-corrected chi connectivity index (χ2v) is 13.6. The molecule has 0 spiro atoms. The molecular weight excluding hydrogens is 237 g/mol. The van der Waals surface area contributed by atoms with Gasteiger partial charge >= 0.3 is 79.8 Å². The van der Waals surface area contributed by atoms with Gasteiger partial charge in [0.1, 0.15) is 0 Å². The summed E-state index contributed by atoms with van der Waals surface area (Å²) in [5.41, 5.74) is 0. The predicted octanol–water partition coefficient (Wildman–Crippen LogP) is 2.47. The second kappa shape index (κ2) is 6.36. The predicted molar refractivity (Wildman–Crippen MR) is 54.7 cm³/mol. The molecule has 0 aliphatic heterocycles. The van der Waals surface area contributed by atoms with E-state index in [1.807, 2.05) is 0 Å². The molecule has 0 N–H and O–H groups in total. The average molecular weight is 259 g/mol. The van der Waals surface area contributed by atoms with Crippen LogP contribution < -0.4 is 0 Å². The SMILES string of the molecule is CCC(C[CH2][In]([CH3])[CH3])N(C)C. The number of rotatable bonds is 5. The van der Waals surface area contributed by atoms with E-state index in [1.54, 1.807) is 4.18 Å². The Morgan fingerprint density at radius 2 is 1.82 bits per heavy atom. The van der Waals surface area contributed by atoms with Gasteiger partial charge < -0.3 is 0 Å². The fourth-order valence-electron chi connectivity index (χ4n) is 1.35. The first-order valence-corrected chi connectivity index (χ1v) is 13.7. The Labute approximate surface area is 79.7 Å². The molecule has 11 heavy (non-hydrogen) atoms. The van der Waals surface area contributed by atoms with Crippen LogP contribution in [0.3, 0.4) is 0 Å². The molecule has 1 unspecified atom stereocenters. The van der Waals surface area contributed by atoms with Crippen LogP contribution in [0.5, 0.6) is 0 Å². The van der Waals surface area contributed by atoms with Gasteiger partial charge in [0.15, 0.2) is 0 Å². The molecule has 0 rings (SSSR count). The molecule has 0 heterocycles. The van der Waals surface area contributed by atoms with Gasteiger partial charge in [0, 0.05) is 0 Å². The summed E-state index contributed by atoms with van der Waals surface area (Å²) >= 11 is -0.902. The molecule has 1 nitrogen and oxygen atoms in total. The van der Waals surface area contributed by atoms with E-state index in [0.717, 1.165) is 6.04 Å². The van der Waals surface area contributed by atoms with Gasteiger partial charge in [-0.15, -0.1) is 0 Å². The van der Waals surface area contributed by atoms with Gasteiger partial charge in [-0.25, -0.2) is 0 Å². The normalized spacial score (nSPS) is 13.6. The topological polar surface area (TPSA) is 3.24 Å². The molecule has 0 aliphatic carbocycles. The van der Waals surface area contributed by atoms with Gasteiger partial charge in [-0.2, -0.15) is 0 Å². The van der Waals surface area contributed by atoms with Crippen molar-refractivity contribution in [1.82, 2.24) is 4.90 Å². The zero-order valence-corrected chi connectivity index (χ0v) is 12.0. The summed E-state index contributed by atoms with van der Waals surface area (Å²) in [6.45, 7) is 2.29. The molecule has 0 saturated carbocycles. The Morgan fingerprint density at radius 1 is 1.27 bits per heavy atom.